The third-order valence-electron chi connectivity index (χ3n) is 7.36. The fraction of sp³-hybridized carbons (Fsp3) is 0.226. The van der Waals surface area contributed by atoms with Crippen LogP contribution in [0.15, 0.2) is 106 Å². The van der Waals surface area contributed by atoms with Crippen molar-refractivity contribution in [2.75, 3.05) is 27.2 Å². The lowest BCUT2D eigenvalue weighted by Crippen LogP contribution is -2.53. The molecule has 2 atom stereocenters. The minimum atomic E-state index is -1.63. The van der Waals surface area contributed by atoms with Crippen LogP contribution in [0.2, 0.25) is 0 Å². The zero-order valence-electron chi connectivity index (χ0n) is 22.8. The summed E-state index contributed by atoms with van der Waals surface area (Å²) in [5, 5.41) is 0. The third-order valence-corrected chi connectivity index (χ3v) is 8.79. The van der Waals surface area contributed by atoms with Crippen molar-refractivity contribution < 1.29 is 18.5 Å². The normalized spacial score (nSPS) is 21.7. The summed E-state index contributed by atoms with van der Waals surface area (Å²) in [4.78, 5) is 37.7. The number of aliphatic imine (C=N–C) groups is 1. The van der Waals surface area contributed by atoms with Crippen molar-refractivity contribution >= 4 is 34.5 Å². The first-order valence-electron chi connectivity index (χ1n) is 13.1. The molecule has 1 aromatic heterocycles. The number of ketones is 1. The van der Waals surface area contributed by atoms with Crippen LogP contribution in [-0.4, -0.2) is 63.3 Å². The number of amides is 1. The average molecular weight is 572 g/mol. The lowest BCUT2D eigenvalue weighted by molar-refractivity contribution is 0.0770. The highest BCUT2D eigenvalue weighted by molar-refractivity contribution is 7.89. The molecule has 2 heterocycles. The molecule has 2 unspecified atom stereocenters. The Morgan fingerprint density at radius 3 is 2.61 bits per heavy atom. The van der Waals surface area contributed by atoms with Crippen molar-refractivity contribution in [1.82, 2.24) is 14.2 Å². The van der Waals surface area contributed by atoms with E-state index in [-0.39, 0.29) is 30.5 Å². The molecule has 1 aliphatic carbocycles. The Hall–Kier alpha value is -4.12. The number of Topliss-reactive ketones (excluding diaryl/α,β-unsaturated/α-hetero) is 1. The molecule has 2 N–H and O–H groups in total. The molecule has 3 aromatic rings. The number of carbonyl (C=O) groups is 2. The maximum Gasteiger partial charge on any atom is 0.253 e. The Morgan fingerprint density at radius 2 is 1.93 bits per heavy atom. The minimum absolute atomic E-state index is 0.161. The number of hydrogen-bond donors (Lipinski definition) is 1. The molecule has 0 saturated carbocycles. The van der Waals surface area contributed by atoms with E-state index in [1.807, 2.05) is 6.08 Å². The Bertz CT molecular complexity index is 1560. The number of carbonyl (C=O) groups excluding carboxylic acids is 2. The molecule has 1 amide bonds. The van der Waals surface area contributed by atoms with Crippen molar-refractivity contribution in [2.24, 2.45) is 16.1 Å². The van der Waals surface area contributed by atoms with Crippen molar-refractivity contribution in [3.8, 4) is 0 Å². The number of fused-ring (bicyclic) bond motifs is 1. The Morgan fingerprint density at radius 1 is 1.15 bits per heavy atom. The van der Waals surface area contributed by atoms with E-state index < -0.39 is 16.8 Å². The molecule has 2 aliphatic rings. The molecule has 0 bridgehead atoms. The van der Waals surface area contributed by atoms with Crippen LogP contribution in [0.25, 0.3) is 0 Å². The van der Waals surface area contributed by atoms with Crippen LogP contribution in [0.3, 0.4) is 0 Å². The van der Waals surface area contributed by atoms with Gasteiger partial charge in [0, 0.05) is 38.5 Å². The van der Waals surface area contributed by atoms with Gasteiger partial charge in [-0.3, -0.25) is 14.6 Å². The summed E-state index contributed by atoms with van der Waals surface area (Å²) in [5.41, 5.74) is 8.40. The van der Waals surface area contributed by atoms with Crippen LogP contribution >= 0.6 is 0 Å². The SMILES string of the molecule is CN(C)C(=O)c1cccc([S+]([O-])N2CCC3=CC(=Nc4ccc(F)cc4)C(=CN)CC3(C(=O)c3ccccn3)C2)c1. The van der Waals surface area contributed by atoms with Crippen molar-refractivity contribution in [1.29, 1.82) is 0 Å². The van der Waals surface area contributed by atoms with E-state index in [1.54, 1.807) is 79.2 Å². The maximum absolute atomic E-state index is 14.2. The highest BCUT2D eigenvalue weighted by Gasteiger charge is 2.52. The summed E-state index contributed by atoms with van der Waals surface area (Å²) in [7, 11) is 3.33. The van der Waals surface area contributed by atoms with Gasteiger partial charge in [0.05, 0.1) is 34.7 Å². The highest BCUT2D eigenvalue weighted by Crippen LogP contribution is 2.47. The molecule has 8 nitrogen and oxygen atoms in total. The summed E-state index contributed by atoms with van der Waals surface area (Å²) in [5.74, 6) is -0.738. The molecule has 1 aliphatic heterocycles. The van der Waals surface area contributed by atoms with Crippen LogP contribution in [-0.2, 0) is 11.4 Å². The molecule has 1 saturated heterocycles. The topological polar surface area (TPSA) is 115 Å². The van der Waals surface area contributed by atoms with Gasteiger partial charge >= 0.3 is 0 Å². The monoisotopic (exact) mass is 571 g/mol. The predicted molar refractivity (Wildman–Crippen MR) is 157 cm³/mol. The van der Waals surface area contributed by atoms with Crippen molar-refractivity contribution in [3.63, 3.8) is 0 Å². The summed E-state index contributed by atoms with van der Waals surface area (Å²) < 4.78 is 29.1. The zero-order chi connectivity index (χ0) is 29.1. The van der Waals surface area contributed by atoms with E-state index in [0.717, 1.165) is 5.57 Å². The smallest absolute Gasteiger partial charge is 0.253 e. The average Bonchev–Trinajstić information content (AvgIpc) is 3.00. The first kappa shape index (κ1) is 28.4. The molecule has 2 aromatic carbocycles. The Balaban J connectivity index is 1.55. The molecular formula is C31H30FN5O3S. The van der Waals surface area contributed by atoms with E-state index in [1.165, 1.54) is 23.2 Å². The van der Waals surface area contributed by atoms with E-state index >= 15 is 0 Å². The van der Waals surface area contributed by atoms with Crippen LogP contribution in [0.4, 0.5) is 10.1 Å². The maximum atomic E-state index is 14.2. The molecule has 210 valence electrons. The Kier molecular flexibility index (Phi) is 8.16. The molecular weight excluding hydrogens is 541 g/mol. The van der Waals surface area contributed by atoms with Gasteiger partial charge in [-0.2, -0.15) is 0 Å². The third kappa shape index (κ3) is 5.72. The van der Waals surface area contributed by atoms with Crippen LogP contribution in [0, 0.1) is 11.2 Å². The Labute approximate surface area is 241 Å². The largest absolute Gasteiger partial charge is 0.593 e. The number of rotatable bonds is 6. The molecule has 0 radical (unpaired) electrons. The van der Waals surface area contributed by atoms with Gasteiger partial charge < -0.3 is 15.2 Å². The van der Waals surface area contributed by atoms with Gasteiger partial charge in [0.1, 0.15) is 11.5 Å². The van der Waals surface area contributed by atoms with Gasteiger partial charge in [0.2, 0.25) is 0 Å². The van der Waals surface area contributed by atoms with E-state index in [2.05, 4.69) is 4.98 Å². The quantitative estimate of drug-likeness (QED) is 0.345. The summed E-state index contributed by atoms with van der Waals surface area (Å²) >= 11 is -1.63. The van der Waals surface area contributed by atoms with Gasteiger partial charge in [0.15, 0.2) is 10.7 Å². The number of allylic oxidation sites excluding steroid dienone is 2. The van der Waals surface area contributed by atoms with Gasteiger partial charge in [-0.25, -0.2) is 9.38 Å². The molecule has 10 heteroatoms. The fourth-order valence-electron chi connectivity index (χ4n) is 5.25. The number of benzene rings is 2. The lowest BCUT2D eigenvalue weighted by Gasteiger charge is -2.45. The molecule has 5 rings (SSSR count). The first-order chi connectivity index (χ1) is 19.7. The lowest BCUT2D eigenvalue weighted by atomic mass is 9.64. The first-order valence-corrected chi connectivity index (χ1v) is 14.2. The number of nitrogens with two attached hydrogens (primary N) is 1. The van der Waals surface area contributed by atoms with Crippen molar-refractivity contribution in [3.05, 3.63) is 113 Å². The minimum Gasteiger partial charge on any atom is -0.593 e. The fourth-order valence-corrected chi connectivity index (χ4v) is 6.56. The van der Waals surface area contributed by atoms with E-state index in [4.69, 9.17) is 10.7 Å². The summed E-state index contributed by atoms with van der Waals surface area (Å²) in [6.45, 7) is 0.584. The number of hydrogen-bond acceptors (Lipinski definition) is 7. The van der Waals surface area contributed by atoms with Crippen LogP contribution < -0.4 is 5.73 Å². The van der Waals surface area contributed by atoms with Gasteiger partial charge in [-0.05, 0) is 79.2 Å². The second kappa shape index (κ2) is 11.8. The molecule has 41 heavy (non-hydrogen) atoms. The second-order valence-electron chi connectivity index (χ2n) is 10.2. The van der Waals surface area contributed by atoms with Gasteiger partial charge in [0.25, 0.3) is 5.91 Å². The van der Waals surface area contributed by atoms with Gasteiger partial charge in [-0.1, -0.05) is 17.7 Å². The number of halogens is 1. The predicted octanol–water partition coefficient (Wildman–Crippen LogP) is 4.47. The molecule has 0 spiro atoms. The standard InChI is InChI=1S/C31H30FN5O3S/c1-36(2)30(39)21-6-5-7-26(16-21)41(40)37-15-13-23-17-28(35-25-11-9-24(32)10-12-25)22(19-33)18-31(23,20-37)29(38)27-8-3-4-14-34-27/h3-12,14,16-17,19H,13,15,18,20,33H2,1-2H3. The number of aromatic nitrogens is 1. The number of piperidine rings is 1. The van der Waals surface area contributed by atoms with Crippen LogP contribution in [0.1, 0.15) is 33.7 Å². The number of nitrogens with zero attached hydrogens (tertiary/aromatic N) is 4. The zero-order valence-corrected chi connectivity index (χ0v) is 23.6. The second-order valence-corrected chi connectivity index (χ2v) is 11.7. The van der Waals surface area contributed by atoms with Crippen molar-refractivity contribution in [2.45, 2.75) is 17.7 Å². The van der Waals surface area contributed by atoms with E-state index in [9.17, 15) is 18.5 Å². The van der Waals surface area contributed by atoms with Crippen LogP contribution in [0.5, 0.6) is 0 Å². The molecule has 1 fully saturated rings. The van der Waals surface area contributed by atoms with Gasteiger partial charge in [-0.15, -0.1) is 4.31 Å². The highest BCUT2D eigenvalue weighted by atomic mass is 32.2. The van der Waals surface area contributed by atoms with E-state index in [0.29, 0.717) is 46.1 Å². The summed E-state index contributed by atoms with van der Waals surface area (Å²) in [6.07, 6.45) is 5.58. The number of pyridine rings is 1. The summed E-state index contributed by atoms with van der Waals surface area (Å²) in [6, 6.07) is 17.8.